The Balaban J connectivity index is 0. The quantitative estimate of drug-likeness (QED) is 0.326. The fraction of sp³-hybridized carbons (Fsp3) is 0.333. The van der Waals surface area contributed by atoms with Gasteiger partial charge in [0.2, 0.25) is 0 Å². The van der Waals surface area contributed by atoms with Gasteiger partial charge in [-0.3, -0.25) is 0 Å². The molecule has 0 saturated heterocycles. The van der Waals surface area contributed by atoms with E-state index in [4.69, 9.17) is 10.2 Å². The van der Waals surface area contributed by atoms with E-state index in [0.717, 1.165) is 0 Å². The molecule has 0 bridgehead atoms. The first-order chi connectivity index (χ1) is 6.15. The number of benzene rings is 1. The summed E-state index contributed by atoms with van der Waals surface area (Å²) in [5, 5.41) is 30.4. The molecule has 0 radical (unpaired) electrons. The number of likely N-dealkylation sites (N-methyl/N-ethyl adjacent to an activating group) is 1. The molecule has 1 atom stereocenters. The Morgan fingerprint density at radius 2 is 2.00 bits per heavy atom. The second-order valence-corrected chi connectivity index (χ2v) is 2.82. The predicted octanol–water partition coefficient (Wildman–Crippen LogP) is -2.53. The van der Waals surface area contributed by atoms with Crippen molar-refractivity contribution in [2.75, 3.05) is 13.6 Å². The van der Waals surface area contributed by atoms with Crippen LogP contribution in [0.1, 0.15) is 13.1 Å². The van der Waals surface area contributed by atoms with Crippen molar-refractivity contribution in [1.29, 1.82) is 0 Å². The van der Waals surface area contributed by atoms with Crippen molar-refractivity contribution in [3.63, 3.8) is 0 Å². The van der Waals surface area contributed by atoms with Crippen LogP contribution in [0.3, 0.4) is 0 Å². The van der Waals surface area contributed by atoms with Crippen molar-refractivity contribution in [2.24, 2.45) is 0 Å². The van der Waals surface area contributed by atoms with Crippen molar-refractivity contribution >= 4 is 0 Å². The molecule has 0 aliphatic carbocycles. The zero-order chi connectivity index (χ0) is 9.84. The summed E-state index contributed by atoms with van der Waals surface area (Å²) in [6.45, 7) is 0.407. The second kappa shape index (κ2) is 6.27. The number of aliphatic hydroxyl groups is 1. The molecule has 0 aliphatic rings. The van der Waals surface area contributed by atoms with Gasteiger partial charge in [0.15, 0.2) is 11.5 Å². The largest absolute Gasteiger partial charge is 1.00 e. The van der Waals surface area contributed by atoms with Crippen LogP contribution in [0.4, 0.5) is 0 Å². The fourth-order valence-corrected chi connectivity index (χ4v) is 1.06. The molecule has 5 heteroatoms. The molecular formula is C9H14NNaO3. The molecule has 0 aromatic heterocycles. The molecule has 4 nitrogen and oxygen atoms in total. The third kappa shape index (κ3) is 3.48. The summed E-state index contributed by atoms with van der Waals surface area (Å²) in [7, 11) is 1.73. The molecule has 14 heavy (non-hydrogen) atoms. The molecule has 1 aromatic carbocycles. The summed E-state index contributed by atoms with van der Waals surface area (Å²) in [5.74, 6) is -0.395. The van der Waals surface area contributed by atoms with Crippen molar-refractivity contribution < 1.29 is 46.3 Å². The molecule has 0 heterocycles. The van der Waals surface area contributed by atoms with Gasteiger partial charge in [-0.2, -0.15) is 0 Å². The second-order valence-electron chi connectivity index (χ2n) is 2.82. The number of aliphatic hydroxyl groups excluding tert-OH is 1. The maximum atomic E-state index is 9.48. The van der Waals surface area contributed by atoms with E-state index in [-0.39, 0.29) is 42.5 Å². The van der Waals surface area contributed by atoms with Crippen molar-refractivity contribution in [3.8, 4) is 11.5 Å². The minimum absolute atomic E-state index is 0. The first-order valence-corrected chi connectivity index (χ1v) is 3.99. The Kier molecular flexibility index (Phi) is 6.15. The number of phenols is 2. The van der Waals surface area contributed by atoms with Crippen molar-refractivity contribution in [1.82, 2.24) is 5.32 Å². The predicted molar refractivity (Wildman–Crippen MR) is 49.8 cm³/mol. The molecular weight excluding hydrogens is 193 g/mol. The van der Waals surface area contributed by atoms with Crippen LogP contribution in [-0.2, 0) is 0 Å². The monoisotopic (exact) mass is 207 g/mol. The van der Waals surface area contributed by atoms with Crippen LogP contribution in [-0.4, -0.2) is 28.9 Å². The van der Waals surface area contributed by atoms with Crippen LogP contribution in [0.25, 0.3) is 0 Å². The van der Waals surface area contributed by atoms with Crippen molar-refractivity contribution in [3.05, 3.63) is 23.8 Å². The average molecular weight is 207 g/mol. The van der Waals surface area contributed by atoms with Crippen molar-refractivity contribution in [2.45, 2.75) is 6.10 Å². The molecule has 0 unspecified atom stereocenters. The van der Waals surface area contributed by atoms with Gasteiger partial charge in [-0.1, -0.05) is 6.07 Å². The third-order valence-corrected chi connectivity index (χ3v) is 1.78. The van der Waals surface area contributed by atoms with E-state index in [1.165, 1.54) is 12.1 Å². The van der Waals surface area contributed by atoms with Crippen LogP contribution in [0.15, 0.2) is 18.2 Å². The van der Waals surface area contributed by atoms with E-state index in [0.29, 0.717) is 12.1 Å². The molecule has 0 saturated carbocycles. The zero-order valence-electron chi connectivity index (χ0n) is 9.36. The number of rotatable bonds is 3. The van der Waals surface area contributed by atoms with Crippen LogP contribution in [0.5, 0.6) is 11.5 Å². The van der Waals surface area contributed by atoms with E-state index in [1.54, 1.807) is 13.1 Å². The summed E-state index contributed by atoms with van der Waals surface area (Å²) in [5.41, 5.74) is 0.574. The molecule has 1 aromatic rings. The molecule has 0 spiro atoms. The van der Waals surface area contributed by atoms with Crippen LogP contribution in [0, 0.1) is 0 Å². The maximum absolute atomic E-state index is 9.48. The minimum atomic E-state index is -0.670. The van der Waals surface area contributed by atoms with E-state index >= 15 is 0 Å². The Hall–Kier alpha value is -0.260. The molecule has 0 aliphatic heterocycles. The first-order valence-electron chi connectivity index (χ1n) is 3.99. The van der Waals surface area contributed by atoms with Gasteiger partial charge in [-0.05, 0) is 24.7 Å². The van der Waals surface area contributed by atoms with E-state index < -0.39 is 6.10 Å². The third-order valence-electron chi connectivity index (χ3n) is 1.78. The van der Waals surface area contributed by atoms with Gasteiger partial charge in [0.05, 0.1) is 6.10 Å². The Labute approximate surface area is 106 Å². The molecule has 74 valence electrons. The Bertz CT molecular complexity index is 299. The minimum Gasteiger partial charge on any atom is -1.00 e. The van der Waals surface area contributed by atoms with Gasteiger partial charge in [0, 0.05) is 6.54 Å². The van der Waals surface area contributed by atoms with E-state index in [9.17, 15) is 5.11 Å². The maximum Gasteiger partial charge on any atom is 1.00 e. The summed E-state index contributed by atoms with van der Waals surface area (Å²) in [4.78, 5) is 0. The van der Waals surface area contributed by atoms with E-state index in [2.05, 4.69) is 5.32 Å². The summed E-state index contributed by atoms with van der Waals surface area (Å²) >= 11 is 0. The molecule has 0 fully saturated rings. The fourth-order valence-electron chi connectivity index (χ4n) is 1.06. The number of phenolic OH excluding ortho intramolecular Hbond substituents is 2. The summed E-state index contributed by atoms with van der Waals surface area (Å²) < 4.78 is 0. The van der Waals surface area contributed by atoms with E-state index in [1.807, 2.05) is 0 Å². The smallest absolute Gasteiger partial charge is 1.00 e. The molecule has 0 amide bonds. The number of nitrogens with one attached hydrogen (secondary N) is 1. The topological polar surface area (TPSA) is 72.7 Å². The standard InChI is InChI=1S/C9H13NO3.Na.H/c1-10-5-9(13)6-2-3-7(11)8(12)4-6;;/h2-4,9-13H,5H2,1H3;;/q;+1;-1/t9-;;/m0../s1. The summed E-state index contributed by atoms with van der Waals surface area (Å²) in [6, 6.07) is 4.26. The summed E-state index contributed by atoms with van der Waals surface area (Å²) in [6.07, 6.45) is -0.670. The molecule has 4 N–H and O–H groups in total. The number of hydrogen-bond acceptors (Lipinski definition) is 4. The first kappa shape index (κ1) is 13.7. The zero-order valence-corrected chi connectivity index (χ0v) is 10.4. The average Bonchev–Trinajstić information content (AvgIpc) is 2.10. The number of aromatic hydroxyl groups is 2. The Morgan fingerprint density at radius 3 is 2.50 bits per heavy atom. The van der Waals surface area contributed by atoms with Crippen LogP contribution < -0.4 is 34.9 Å². The van der Waals surface area contributed by atoms with Crippen LogP contribution in [0.2, 0.25) is 0 Å². The van der Waals surface area contributed by atoms with Gasteiger partial charge in [0.1, 0.15) is 0 Å². The van der Waals surface area contributed by atoms with Gasteiger partial charge < -0.3 is 22.1 Å². The van der Waals surface area contributed by atoms with Gasteiger partial charge in [-0.25, -0.2) is 0 Å². The molecule has 1 rings (SSSR count). The van der Waals surface area contributed by atoms with Gasteiger partial charge in [-0.15, -0.1) is 0 Å². The SMILES string of the molecule is CNC[C@H](O)c1ccc(O)c(O)c1.[H-].[Na+]. The number of hydrogen-bond donors (Lipinski definition) is 4. The van der Waals surface area contributed by atoms with Crippen LogP contribution >= 0.6 is 0 Å². The normalized spacial score (nSPS) is 11.9. The van der Waals surface area contributed by atoms with Gasteiger partial charge >= 0.3 is 29.6 Å². The van der Waals surface area contributed by atoms with Gasteiger partial charge in [0.25, 0.3) is 0 Å². The Morgan fingerprint density at radius 1 is 1.36 bits per heavy atom.